The van der Waals surface area contributed by atoms with Crippen molar-refractivity contribution in [1.29, 1.82) is 0 Å². The molecule has 0 heterocycles. The van der Waals surface area contributed by atoms with E-state index >= 15 is 0 Å². The van der Waals surface area contributed by atoms with Crippen molar-refractivity contribution in [2.45, 2.75) is 0 Å². The van der Waals surface area contributed by atoms with Crippen LogP contribution in [0.1, 0.15) is 0 Å². The molecule has 0 aliphatic carbocycles. The Hall–Kier alpha value is 2.22. The third kappa shape index (κ3) is 8.88. The maximum atomic E-state index is 0. The Balaban J connectivity index is 0. The van der Waals surface area contributed by atoms with Crippen LogP contribution in [-0.4, -0.2) is 54.4 Å². The molecule has 1 N–H and O–H groups in total. The molecular formula is H5InMgOZn. The second kappa shape index (κ2) is 18.9. The molecule has 1 nitrogen and oxygen atoms in total. The number of hydrogen-bond acceptors (Lipinski definition) is 1. The molecule has 0 bridgehead atoms. The first-order valence-electron chi connectivity index (χ1n) is 0. The van der Waals surface area contributed by atoms with Crippen LogP contribution in [0.15, 0.2) is 0 Å². The molecule has 0 atom stereocenters. The molecule has 18 valence electrons. The first kappa shape index (κ1) is 34.4. The molecule has 4 heteroatoms. The Bertz CT molecular complexity index is 8.00. The Morgan fingerprint density at radius 2 is 1.00 bits per heavy atom. The molecule has 0 unspecified atom stereocenters. The summed E-state index contributed by atoms with van der Waals surface area (Å²) in [4.78, 5) is 0. The molecule has 0 aromatic heterocycles. The molecule has 4 heavy (non-hydrogen) atoms. The summed E-state index contributed by atoms with van der Waals surface area (Å²) in [5.41, 5.74) is 0. The number of hydrogen-bond donors (Lipinski definition) is 0. The van der Waals surface area contributed by atoms with E-state index in [4.69, 9.17) is 0 Å². The molecule has 0 saturated heterocycles. The van der Waals surface area contributed by atoms with Crippen LogP contribution in [0.3, 0.4) is 0 Å². The van der Waals surface area contributed by atoms with Gasteiger partial charge in [0.25, 0.3) is 0 Å². The predicted molar refractivity (Wildman–Crippen MR) is 19.0 cm³/mol. The standard InChI is InChI=1S/In.Mg.H2O.Zn.4H/h;;1H2;;;;;/q;+1;;;;;;/p-1. The van der Waals surface area contributed by atoms with Gasteiger partial charge < -0.3 is 5.48 Å². The van der Waals surface area contributed by atoms with Crippen LogP contribution in [0.2, 0.25) is 0 Å². The maximum absolute atomic E-state index is 0. The maximum Gasteiger partial charge on any atom is 0 e. The molecular weight excluding hydrogens is 221 g/mol. The Labute approximate surface area is 72.9 Å². The molecule has 0 saturated carbocycles. The van der Waals surface area contributed by atoms with Gasteiger partial charge in [-0.2, -0.15) is 0 Å². The van der Waals surface area contributed by atoms with Gasteiger partial charge in [-0.25, -0.2) is 0 Å². The van der Waals surface area contributed by atoms with Crippen LogP contribution in [0, 0.1) is 0 Å². The smallest absolute Gasteiger partial charge is 0 e. The van der Waals surface area contributed by atoms with Gasteiger partial charge in [0.15, 0.2) is 0 Å². The second-order valence-corrected chi connectivity index (χ2v) is 0. The summed E-state index contributed by atoms with van der Waals surface area (Å²) in [6.07, 6.45) is 0. The third-order valence-electron chi connectivity index (χ3n) is 0. The van der Waals surface area contributed by atoms with Crippen molar-refractivity contribution in [1.82, 2.24) is 0 Å². The van der Waals surface area contributed by atoms with Gasteiger partial charge in [0.05, 0.1) is 0 Å². The summed E-state index contributed by atoms with van der Waals surface area (Å²) in [5.74, 6) is 0. The van der Waals surface area contributed by atoms with Gasteiger partial charge in [0, 0.05) is 19.5 Å². The van der Waals surface area contributed by atoms with Crippen LogP contribution in [-0.2, 0) is 19.5 Å². The van der Waals surface area contributed by atoms with Gasteiger partial charge in [-0.15, -0.1) is 0 Å². The van der Waals surface area contributed by atoms with Crippen molar-refractivity contribution in [2.24, 2.45) is 0 Å². The van der Waals surface area contributed by atoms with Crippen molar-refractivity contribution in [2.75, 3.05) is 0 Å². The first-order valence-corrected chi connectivity index (χ1v) is 0. The van der Waals surface area contributed by atoms with Crippen LogP contribution < -0.4 is 0 Å². The minimum atomic E-state index is 0. The van der Waals surface area contributed by atoms with Gasteiger partial charge >= 0.3 is 48.9 Å². The van der Waals surface area contributed by atoms with Crippen molar-refractivity contribution < 1.29 is 25.0 Å². The van der Waals surface area contributed by atoms with E-state index in [0.29, 0.717) is 0 Å². The van der Waals surface area contributed by atoms with E-state index in [1.165, 1.54) is 0 Å². The van der Waals surface area contributed by atoms with Gasteiger partial charge in [-0.3, -0.25) is 0 Å². The van der Waals surface area contributed by atoms with Crippen molar-refractivity contribution in [3.05, 3.63) is 0 Å². The summed E-state index contributed by atoms with van der Waals surface area (Å²) in [6.45, 7) is 0. The molecule has 0 radical (unpaired) electrons. The zero-order valence-corrected chi connectivity index (χ0v) is 7.12. The van der Waals surface area contributed by atoms with Crippen molar-refractivity contribution in [3.8, 4) is 0 Å². The Morgan fingerprint density at radius 3 is 1.00 bits per heavy atom. The van der Waals surface area contributed by atoms with Gasteiger partial charge in [0.1, 0.15) is 0 Å². The predicted octanol–water partition coefficient (Wildman–Crippen LogP) is -2.01. The van der Waals surface area contributed by atoms with E-state index in [-0.39, 0.29) is 73.9 Å². The van der Waals surface area contributed by atoms with Gasteiger partial charge in [-0.1, -0.05) is 0 Å². The van der Waals surface area contributed by atoms with Crippen LogP contribution in [0.5, 0.6) is 0 Å². The quantitative estimate of drug-likeness (QED) is 0.438. The minimum Gasteiger partial charge on any atom is -0.870 e. The second-order valence-electron chi connectivity index (χ2n) is 0. The Kier molecular flexibility index (Phi) is 162. The SMILES string of the molecule is [InH3].[MgH+].[OH-].[Zn]. The van der Waals surface area contributed by atoms with E-state index in [2.05, 4.69) is 0 Å². The summed E-state index contributed by atoms with van der Waals surface area (Å²) in [5, 5.41) is 0. The summed E-state index contributed by atoms with van der Waals surface area (Å²) in [7, 11) is 0. The fourth-order valence-corrected chi connectivity index (χ4v) is 0. The molecule has 0 aliphatic heterocycles. The van der Waals surface area contributed by atoms with E-state index in [9.17, 15) is 0 Å². The number of rotatable bonds is 0. The van der Waals surface area contributed by atoms with Crippen LogP contribution in [0.4, 0.5) is 0 Å². The van der Waals surface area contributed by atoms with E-state index in [1.54, 1.807) is 0 Å². The molecule has 0 rings (SSSR count). The molecule has 0 spiro atoms. The van der Waals surface area contributed by atoms with Crippen molar-refractivity contribution in [3.63, 3.8) is 0 Å². The average Bonchev–Trinajstić information content (AvgIpc) is 0. The topological polar surface area (TPSA) is 30.0 Å². The molecule has 0 aliphatic rings. The van der Waals surface area contributed by atoms with Gasteiger partial charge in [0.2, 0.25) is 0 Å². The van der Waals surface area contributed by atoms with E-state index in [0.717, 1.165) is 0 Å². The van der Waals surface area contributed by atoms with Crippen LogP contribution in [0.25, 0.3) is 0 Å². The average molecular weight is 226 g/mol. The zero-order valence-electron chi connectivity index (χ0n) is 2.15. The molecule has 0 aromatic rings. The zero-order chi connectivity index (χ0) is 0. The van der Waals surface area contributed by atoms with Gasteiger partial charge in [-0.05, 0) is 0 Å². The molecule has 0 fully saturated rings. The van der Waals surface area contributed by atoms with E-state index in [1.807, 2.05) is 0 Å². The summed E-state index contributed by atoms with van der Waals surface area (Å²) in [6, 6.07) is 0. The fraction of sp³-hybridized carbons (Fsp3) is 0. The summed E-state index contributed by atoms with van der Waals surface area (Å²) >= 11 is 0. The largest absolute Gasteiger partial charge is 0.870 e. The summed E-state index contributed by atoms with van der Waals surface area (Å²) < 4.78 is 0. The normalized spacial score (nSPS) is 0. The first-order chi connectivity index (χ1) is 0. The molecule has 0 amide bonds. The van der Waals surface area contributed by atoms with Crippen LogP contribution >= 0.6 is 0 Å². The molecule has 0 aromatic carbocycles. The monoisotopic (exact) mass is 224 g/mol. The minimum absolute atomic E-state index is 0. The fourth-order valence-electron chi connectivity index (χ4n) is 0. The van der Waals surface area contributed by atoms with E-state index < -0.39 is 0 Å². The Morgan fingerprint density at radius 1 is 1.00 bits per heavy atom. The van der Waals surface area contributed by atoms with Crippen molar-refractivity contribution >= 4 is 48.9 Å². The third-order valence-corrected chi connectivity index (χ3v) is 0.